The number of carbonyl (C=O) groups is 2. The highest BCUT2D eigenvalue weighted by Crippen LogP contribution is 2.24. The maximum Gasteiger partial charge on any atom is 0.308 e. The van der Waals surface area contributed by atoms with Crippen molar-refractivity contribution in [2.24, 2.45) is 5.92 Å². The smallest absolute Gasteiger partial charge is 0.308 e. The van der Waals surface area contributed by atoms with E-state index in [0.717, 1.165) is 11.4 Å². The molecule has 0 saturated carbocycles. The highest BCUT2D eigenvalue weighted by Gasteiger charge is 2.36. The van der Waals surface area contributed by atoms with Crippen LogP contribution in [-0.2, 0) is 9.59 Å². The normalized spacial score (nSPS) is 22.9. The average molecular weight is 280 g/mol. The molecule has 7 nitrogen and oxygen atoms in total. The van der Waals surface area contributed by atoms with Gasteiger partial charge in [0.1, 0.15) is 0 Å². The van der Waals surface area contributed by atoms with Gasteiger partial charge in [0.2, 0.25) is 5.91 Å². The lowest BCUT2D eigenvalue weighted by Gasteiger charge is -2.22. The van der Waals surface area contributed by atoms with E-state index in [0.29, 0.717) is 18.7 Å². The molecular formula is C13H20N4O3. The number of aromatic amines is 1. The standard InChI is InChI=1S/C13H20N4O3/c1-7-12(8(2)16-15-7)14-11(18)6-17-5-4-10(9(17)3)13(19)20/h9-10H,4-6H2,1-3H3,(H,14,18)(H,15,16)(H,19,20). The minimum absolute atomic E-state index is 0.121. The number of aromatic nitrogens is 2. The molecule has 1 aliphatic heterocycles. The molecule has 3 N–H and O–H groups in total. The Hall–Kier alpha value is -1.89. The van der Waals surface area contributed by atoms with Crippen LogP contribution < -0.4 is 5.32 Å². The number of nitrogens with zero attached hydrogens (tertiary/aromatic N) is 2. The zero-order chi connectivity index (χ0) is 14.9. The van der Waals surface area contributed by atoms with Crippen molar-refractivity contribution in [3.05, 3.63) is 11.4 Å². The molecule has 0 aliphatic carbocycles. The van der Waals surface area contributed by atoms with Gasteiger partial charge in [0, 0.05) is 6.04 Å². The molecule has 0 bridgehead atoms. The zero-order valence-electron chi connectivity index (χ0n) is 11.9. The van der Waals surface area contributed by atoms with Gasteiger partial charge in [-0.15, -0.1) is 0 Å². The van der Waals surface area contributed by atoms with Crippen molar-refractivity contribution >= 4 is 17.6 Å². The minimum Gasteiger partial charge on any atom is -0.481 e. The summed E-state index contributed by atoms with van der Waals surface area (Å²) in [6, 6.07) is -0.121. The van der Waals surface area contributed by atoms with Crippen molar-refractivity contribution in [2.45, 2.75) is 33.2 Å². The Balaban J connectivity index is 1.94. The Morgan fingerprint density at radius 2 is 2.20 bits per heavy atom. The van der Waals surface area contributed by atoms with Crippen molar-refractivity contribution in [1.82, 2.24) is 15.1 Å². The summed E-state index contributed by atoms with van der Waals surface area (Å²) < 4.78 is 0. The quantitative estimate of drug-likeness (QED) is 0.756. The molecule has 2 unspecified atom stereocenters. The topological polar surface area (TPSA) is 98.3 Å². The summed E-state index contributed by atoms with van der Waals surface area (Å²) in [5.74, 6) is -1.32. The van der Waals surface area contributed by atoms with E-state index in [2.05, 4.69) is 15.5 Å². The molecule has 2 rings (SSSR count). The maximum absolute atomic E-state index is 12.1. The lowest BCUT2D eigenvalue weighted by molar-refractivity contribution is -0.142. The molecule has 110 valence electrons. The number of hydrogen-bond acceptors (Lipinski definition) is 4. The summed E-state index contributed by atoms with van der Waals surface area (Å²) >= 11 is 0. The molecule has 1 aromatic rings. The molecule has 0 aromatic carbocycles. The first-order chi connectivity index (χ1) is 9.40. The minimum atomic E-state index is -0.790. The first-order valence-corrected chi connectivity index (χ1v) is 6.68. The summed E-state index contributed by atoms with van der Waals surface area (Å²) in [5, 5.41) is 18.7. The predicted molar refractivity (Wildman–Crippen MR) is 73.5 cm³/mol. The summed E-state index contributed by atoms with van der Waals surface area (Å²) in [6.07, 6.45) is 0.591. The number of aryl methyl sites for hydroxylation is 2. The maximum atomic E-state index is 12.1. The molecule has 1 aromatic heterocycles. The van der Waals surface area contributed by atoms with E-state index in [-0.39, 0.29) is 24.4 Å². The fourth-order valence-electron chi connectivity index (χ4n) is 2.66. The number of amides is 1. The van der Waals surface area contributed by atoms with Gasteiger partial charge in [-0.2, -0.15) is 5.10 Å². The largest absolute Gasteiger partial charge is 0.481 e. The van der Waals surface area contributed by atoms with Gasteiger partial charge in [-0.05, 0) is 33.7 Å². The average Bonchev–Trinajstić information content (AvgIpc) is 2.88. The van der Waals surface area contributed by atoms with Crippen molar-refractivity contribution in [3.63, 3.8) is 0 Å². The van der Waals surface area contributed by atoms with E-state index < -0.39 is 5.97 Å². The van der Waals surface area contributed by atoms with Gasteiger partial charge in [-0.25, -0.2) is 0 Å². The van der Waals surface area contributed by atoms with Gasteiger partial charge in [0.15, 0.2) is 0 Å². The van der Waals surface area contributed by atoms with Crippen LogP contribution in [0.5, 0.6) is 0 Å². The van der Waals surface area contributed by atoms with Crippen LogP contribution in [0.25, 0.3) is 0 Å². The summed E-state index contributed by atoms with van der Waals surface area (Å²) in [7, 11) is 0. The molecule has 2 heterocycles. The molecule has 20 heavy (non-hydrogen) atoms. The number of anilines is 1. The molecule has 0 radical (unpaired) electrons. The third-order valence-electron chi connectivity index (χ3n) is 3.94. The van der Waals surface area contributed by atoms with E-state index in [1.54, 1.807) is 0 Å². The van der Waals surface area contributed by atoms with E-state index >= 15 is 0 Å². The predicted octanol–water partition coefficient (Wildman–Crippen LogP) is 0.760. The van der Waals surface area contributed by atoms with E-state index in [1.165, 1.54) is 0 Å². The summed E-state index contributed by atoms with van der Waals surface area (Å²) in [6.45, 7) is 6.35. The van der Waals surface area contributed by atoms with Crippen molar-refractivity contribution in [2.75, 3.05) is 18.4 Å². The van der Waals surface area contributed by atoms with Gasteiger partial charge in [-0.3, -0.25) is 19.6 Å². The molecular weight excluding hydrogens is 260 g/mol. The molecule has 1 fully saturated rings. The lowest BCUT2D eigenvalue weighted by atomic mass is 10.0. The fraction of sp³-hybridized carbons (Fsp3) is 0.615. The van der Waals surface area contributed by atoms with Crippen LogP contribution in [0.4, 0.5) is 5.69 Å². The molecule has 0 spiro atoms. The Morgan fingerprint density at radius 1 is 1.50 bits per heavy atom. The Bertz CT molecular complexity index is 506. The van der Waals surface area contributed by atoms with Crippen LogP contribution in [0.1, 0.15) is 24.7 Å². The number of nitrogens with one attached hydrogen (secondary N) is 2. The van der Waals surface area contributed by atoms with Gasteiger partial charge >= 0.3 is 5.97 Å². The Morgan fingerprint density at radius 3 is 2.70 bits per heavy atom. The third-order valence-corrected chi connectivity index (χ3v) is 3.94. The second kappa shape index (κ2) is 5.62. The highest BCUT2D eigenvalue weighted by molar-refractivity contribution is 5.93. The number of H-pyrrole nitrogens is 1. The van der Waals surface area contributed by atoms with E-state index in [4.69, 9.17) is 5.11 Å². The van der Waals surface area contributed by atoms with Crippen LogP contribution >= 0.6 is 0 Å². The Labute approximate surface area is 117 Å². The number of carboxylic acid groups (broad SMARTS) is 1. The Kier molecular flexibility index (Phi) is 4.08. The number of carbonyl (C=O) groups excluding carboxylic acids is 1. The number of likely N-dealkylation sites (tertiary alicyclic amines) is 1. The molecule has 7 heteroatoms. The van der Waals surface area contributed by atoms with E-state index in [9.17, 15) is 9.59 Å². The second-order valence-corrected chi connectivity index (χ2v) is 5.30. The highest BCUT2D eigenvalue weighted by atomic mass is 16.4. The van der Waals surface area contributed by atoms with Gasteiger partial charge in [0.05, 0.1) is 29.5 Å². The monoisotopic (exact) mass is 280 g/mol. The van der Waals surface area contributed by atoms with Crippen molar-refractivity contribution in [3.8, 4) is 0 Å². The number of aliphatic carboxylic acids is 1. The van der Waals surface area contributed by atoms with E-state index in [1.807, 2.05) is 25.7 Å². The van der Waals surface area contributed by atoms with Crippen LogP contribution in [0, 0.1) is 19.8 Å². The lowest BCUT2D eigenvalue weighted by Crippen LogP contribution is -2.38. The van der Waals surface area contributed by atoms with Crippen LogP contribution in [0.3, 0.4) is 0 Å². The first-order valence-electron chi connectivity index (χ1n) is 6.68. The van der Waals surface area contributed by atoms with Gasteiger partial charge < -0.3 is 10.4 Å². The number of hydrogen-bond donors (Lipinski definition) is 3. The van der Waals surface area contributed by atoms with Crippen molar-refractivity contribution < 1.29 is 14.7 Å². The number of carboxylic acids is 1. The number of rotatable bonds is 4. The summed E-state index contributed by atoms with van der Waals surface area (Å²) in [5.41, 5.74) is 2.26. The second-order valence-electron chi connectivity index (χ2n) is 5.30. The molecule has 1 saturated heterocycles. The van der Waals surface area contributed by atoms with Crippen LogP contribution in [0.15, 0.2) is 0 Å². The van der Waals surface area contributed by atoms with Gasteiger partial charge in [-0.1, -0.05) is 0 Å². The molecule has 1 amide bonds. The van der Waals surface area contributed by atoms with Crippen LogP contribution in [-0.4, -0.2) is 51.2 Å². The third kappa shape index (κ3) is 2.82. The fourth-order valence-corrected chi connectivity index (χ4v) is 2.66. The zero-order valence-corrected chi connectivity index (χ0v) is 11.9. The van der Waals surface area contributed by atoms with Crippen LogP contribution in [0.2, 0.25) is 0 Å². The first kappa shape index (κ1) is 14.5. The van der Waals surface area contributed by atoms with Gasteiger partial charge in [0.25, 0.3) is 0 Å². The molecule has 1 aliphatic rings. The molecule has 2 atom stereocenters. The summed E-state index contributed by atoms with van der Waals surface area (Å²) in [4.78, 5) is 25.0. The van der Waals surface area contributed by atoms with Crippen molar-refractivity contribution in [1.29, 1.82) is 0 Å². The SMILES string of the molecule is Cc1n[nH]c(C)c1NC(=O)CN1CCC(C(=O)O)C1C.